The highest BCUT2D eigenvalue weighted by Gasteiger charge is 2.25. The molecule has 0 aliphatic rings. The molecule has 0 N–H and O–H groups in total. The minimum atomic E-state index is -0.517. The van der Waals surface area contributed by atoms with Crippen LogP contribution in [0.1, 0.15) is 12.0 Å². The van der Waals surface area contributed by atoms with E-state index >= 15 is 0 Å². The van der Waals surface area contributed by atoms with Gasteiger partial charge in [-0.3, -0.25) is 9.36 Å². The van der Waals surface area contributed by atoms with Crippen LogP contribution in [0.5, 0.6) is 11.5 Å². The van der Waals surface area contributed by atoms with Gasteiger partial charge < -0.3 is 9.84 Å². The summed E-state index contributed by atoms with van der Waals surface area (Å²) in [5, 5.41) is 14.3. The van der Waals surface area contributed by atoms with E-state index in [1.165, 1.54) is 0 Å². The van der Waals surface area contributed by atoms with Crippen LogP contribution in [-0.4, -0.2) is 28.2 Å². The Morgan fingerprint density at radius 2 is 1.81 bits per heavy atom. The number of halogens is 1. The van der Waals surface area contributed by atoms with Gasteiger partial charge in [-0.2, -0.15) is 0 Å². The Hall–Kier alpha value is -2.96. The van der Waals surface area contributed by atoms with Crippen LogP contribution in [0.25, 0.3) is 11.0 Å². The third-order valence-electron chi connectivity index (χ3n) is 5.14. The molecule has 1 unspecified atom stereocenters. The maximum Gasteiger partial charge on any atom is 0.307 e. The zero-order chi connectivity index (χ0) is 22.5. The average molecular weight is 467 g/mol. The van der Waals surface area contributed by atoms with E-state index in [1.54, 1.807) is 35.0 Å². The number of fused-ring (bicyclic) bond motifs is 1. The van der Waals surface area contributed by atoms with Gasteiger partial charge in [0.25, 0.3) is 0 Å². The molecule has 0 amide bonds. The Morgan fingerprint density at radius 3 is 2.56 bits per heavy atom. The lowest BCUT2D eigenvalue weighted by molar-refractivity contribution is -0.270. The number of ether oxygens (including phenoxy) is 1. The number of hydrogen-bond donors (Lipinski definition) is 0. The van der Waals surface area contributed by atoms with Crippen LogP contribution in [0.4, 0.5) is 0 Å². The molecule has 4 aromatic rings. The fourth-order valence-corrected chi connectivity index (χ4v) is 5.26. The van der Waals surface area contributed by atoms with E-state index in [4.69, 9.17) is 16.3 Å². The summed E-state index contributed by atoms with van der Waals surface area (Å²) in [6, 6.07) is 20.4. The van der Waals surface area contributed by atoms with Gasteiger partial charge in [0.1, 0.15) is 23.4 Å². The standard InChI is InChI=1S/C25H23ClN2O3S/c1-32(16-6-15-31-20-12-10-19(26)11-13-20)23-22(29)21-9-5-14-27-24(21)28(25(23)30)17-18-7-3-2-4-8-18/h2-5,7-14H,6,15-17H2,1H3. The second-order valence-electron chi connectivity index (χ2n) is 7.41. The van der Waals surface area contributed by atoms with E-state index in [0.717, 1.165) is 17.7 Å². The van der Waals surface area contributed by atoms with Gasteiger partial charge in [0.05, 0.1) is 13.2 Å². The van der Waals surface area contributed by atoms with Crippen molar-refractivity contribution >= 4 is 33.5 Å². The summed E-state index contributed by atoms with van der Waals surface area (Å²) in [4.78, 5) is 18.1. The summed E-state index contributed by atoms with van der Waals surface area (Å²) < 4.78 is 7.38. The van der Waals surface area contributed by atoms with Crippen molar-refractivity contribution in [2.24, 2.45) is 0 Å². The lowest BCUT2D eigenvalue weighted by Gasteiger charge is -2.18. The molecule has 2 heterocycles. The van der Waals surface area contributed by atoms with Crippen molar-refractivity contribution in [2.75, 3.05) is 18.6 Å². The molecule has 0 aliphatic carbocycles. The van der Waals surface area contributed by atoms with Crippen molar-refractivity contribution in [3.8, 4) is 11.5 Å². The summed E-state index contributed by atoms with van der Waals surface area (Å²) in [6.07, 6.45) is 4.29. The topological polar surface area (TPSA) is 67.2 Å². The van der Waals surface area contributed by atoms with Crippen molar-refractivity contribution < 1.29 is 9.84 Å². The van der Waals surface area contributed by atoms with Gasteiger partial charge in [0, 0.05) is 33.9 Å². The highest BCUT2D eigenvalue weighted by atomic mass is 35.5. The number of rotatable bonds is 8. The number of aromatic nitrogens is 2. The SMILES string of the molecule is C[S+](CCCOc1ccc(Cl)cc1)c1c([O-])c2cccnc2n(Cc2ccccc2)c1=O. The fourth-order valence-electron chi connectivity index (χ4n) is 3.55. The smallest absolute Gasteiger partial charge is 0.307 e. The first-order chi connectivity index (χ1) is 15.5. The van der Waals surface area contributed by atoms with Gasteiger partial charge >= 0.3 is 5.56 Å². The van der Waals surface area contributed by atoms with Gasteiger partial charge in [-0.25, -0.2) is 4.98 Å². The van der Waals surface area contributed by atoms with Gasteiger partial charge in [-0.15, -0.1) is 0 Å². The predicted molar refractivity (Wildman–Crippen MR) is 129 cm³/mol. The van der Waals surface area contributed by atoms with Gasteiger partial charge in [-0.1, -0.05) is 48.0 Å². The molecule has 1 atom stereocenters. The molecule has 32 heavy (non-hydrogen) atoms. The Labute approximate surface area is 194 Å². The maximum absolute atomic E-state index is 13.4. The molecule has 0 bridgehead atoms. The lowest BCUT2D eigenvalue weighted by atomic mass is 10.2. The normalized spacial score (nSPS) is 12.1. The minimum Gasteiger partial charge on any atom is -0.868 e. The first kappa shape index (κ1) is 22.2. The largest absolute Gasteiger partial charge is 0.868 e. The van der Waals surface area contributed by atoms with E-state index in [9.17, 15) is 9.90 Å². The van der Waals surface area contributed by atoms with Gasteiger partial charge in [0.2, 0.25) is 4.90 Å². The molecule has 0 saturated carbocycles. The zero-order valence-electron chi connectivity index (χ0n) is 17.7. The van der Waals surface area contributed by atoms with Crippen molar-refractivity contribution in [1.82, 2.24) is 9.55 Å². The molecule has 0 aliphatic heterocycles. The molecule has 0 spiro atoms. The molecule has 0 fully saturated rings. The molecule has 5 nitrogen and oxygen atoms in total. The average Bonchev–Trinajstić information content (AvgIpc) is 2.81. The monoisotopic (exact) mass is 466 g/mol. The third kappa shape index (κ3) is 4.92. The van der Waals surface area contributed by atoms with Crippen molar-refractivity contribution in [3.05, 3.63) is 93.9 Å². The number of pyridine rings is 2. The Morgan fingerprint density at radius 1 is 1.06 bits per heavy atom. The van der Waals surface area contributed by atoms with E-state index in [2.05, 4.69) is 4.98 Å². The van der Waals surface area contributed by atoms with Crippen molar-refractivity contribution in [1.29, 1.82) is 0 Å². The fraction of sp³-hybridized carbons (Fsp3) is 0.200. The zero-order valence-corrected chi connectivity index (χ0v) is 19.2. The first-order valence-electron chi connectivity index (χ1n) is 10.3. The first-order valence-corrected chi connectivity index (χ1v) is 12.5. The molecule has 0 saturated heterocycles. The molecule has 4 rings (SSSR count). The molecular formula is C25H23ClN2O3S. The molecule has 7 heteroatoms. The minimum absolute atomic E-state index is 0.216. The summed E-state index contributed by atoms with van der Waals surface area (Å²) >= 11 is 5.90. The van der Waals surface area contributed by atoms with Crippen LogP contribution >= 0.6 is 11.6 Å². The van der Waals surface area contributed by atoms with Crippen molar-refractivity contribution in [3.63, 3.8) is 0 Å². The maximum atomic E-state index is 13.4. The highest BCUT2D eigenvalue weighted by Crippen LogP contribution is 2.27. The lowest BCUT2D eigenvalue weighted by Crippen LogP contribution is -2.30. The van der Waals surface area contributed by atoms with Crippen LogP contribution in [0.15, 0.2) is 82.6 Å². The summed E-state index contributed by atoms with van der Waals surface area (Å²) in [5.41, 5.74) is 1.16. The highest BCUT2D eigenvalue weighted by molar-refractivity contribution is 7.96. The molecule has 0 radical (unpaired) electrons. The Bertz CT molecular complexity index is 1260. The molecule has 2 aromatic carbocycles. The Kier molecular flexibility index (Phi) is 7.02. The van der Waals surface area contributed by atoms with Crippen LogP contribution in [-0.2, 0) is 17.4 Å². The van der Waals surface area contributed by atoms with Crippen LogP contribution in [0.2, 0.25) is 5.02 Å². The second-order valence-corrected chi connectivity index (χ2v) is 9.93. The van der Waals surface area contributed by atoms with Crippen LogP contribution in [0.3, 0.4) is 0 Å². The molecule has 2 aromatic heterocycles. The van der Waals surface area contributed by atoms with Gasteiger partial charge in [0.15, 0.2) is 0 Å². The summed E-state index contributed by atoms with van der Waals surface area (Å²) in [7, 11) is -0.517. The van der Waals surface area contributed by atoms with E-state index in [1.807, 2.05) is 48.7 Å². The number of hydrogen-bond acceptors (Lipinski definition) is 4. The van der Waals surface area contributed by atoms with Crippen molar-refractivity contribution in [2.45, 2.75) is 17.9 Å². The summed E-state index contributed by atoms with van der Waals surface area (Å²) in [5.74, 6) is 1.22. The second kappa shape index (κ2) is 10.1. The van der Waals surface area contributed by atoms with E-state index in [0.29, 0.717) is 39.9 Å². The number of nitrogens with zero attached hydrogens (tertiary/aromatic N) is 2. The molecule has 164 valence electrons. The summed E-state index contributed by atoms with van der Waals surface area (Å²) in [6.45, 7) is 0.873. The quantitative estimate of drug-likeness (QED) is 0.287. The number of benzene rings is 2. The van der Waals surface area contributed by atoms with E-state index in [-0.39, 0.29) is 11.3 Å². The van der Waals surface area contributed by atoms with E-state index < -0.39 is 10.9 Å². The van der Waals surface area contributed by atoms with Gasteiger partial charge in [-0.05, 0) is 41.6 Å². The van der Waals surface area contributed by atoms with Crippen LogP contribution in [0, 0.1) is 0 Å². The predicted octanol–water partition coefficient (Wildman–Crippen LogP) is 4.25. The third-order valence-corrected chi connectivity index (χ3v) is 7.35. The Balaban J connectivity index is 1.57. The molecular weight excluding hydrogens is 444 g/mol. The van der Waals surface area contributed by atoms with Crippen LogP contribution < -0.4 is 15.4 Å².